The SMILES string of the molecule is CN1CCN(C(=O)c2ccc3c(c2)[nH]c2c(C(N)=O)ccc(-c4cccc(NS(C)=O)c4F)c23)CC1. The lowest BCUT2D eigenvalue weighted by molar-refractivity contribution is 0.0664. The normalized spacial score (nSPS) is 15.4. The summed E-state index contributed by atoms with van der Waals surface area (Å²) in [5.41, 5.74) is 8.49. The molecule has 4 aromatic rings. The number of aromatic nitrogens is 1. The molecule has 0 aliphatic carbocycles. The summed E-state index contributed by atoms with van der Waals surface area (Å²) in [6.45, 7) is 2.94. The van der Waals surface area contributed by atoms with Crippen LogP contribution in [0.15, 0.2) is 48.5 Å². The van der Waals surface area contributed by atoms with Crippen LogP contribution in [0.25, 0.3) is 32.9 Å². The number of benzene rings is 3. The molecule has 1 aromatic heterocycles. The molecule has 36 heavy (non-hydrogen) atoms. The average Bonchev–Trinajstić information content (AvgIpc) is 3.23. The minimum absolute atomic E-state index is 0.0589. The van der Waals surface area contributed by atoms with E-state index >= 15 is 4.39 Å². The third-order valence-corrected chi connectivity index (χ3v) is 7.11. The molecule has 5 rings (SSSR count). The Hall–Kier alpha value is -3.76. The lowest BCUT2D eigenvalue weighted by Gasteiger charge is -2.32. The van der Waals surface area contributed by atoms with E-state index in [0.29, 0.717) is 40.6 Å². The summed E-state index contributed by atoms with van der Waals surface area (Å²) >= 11 is 0. The number of piperazine rings is 1. The predicted molar refractivity (Wildman–Crippen MR) is 141 cm³/mol. The van der Waals surface area contributed by atoms with E-state index in [-0.39, 0.29) is 22.7 Å². The number of nitrogens with one attached hydrogen (secondary N) is 2. The molecule has 186 valence electrons. The first kappa shape index (κ1) is 24.0. The fourth-order valence-electron chi connectivity index (χ4n) is 4.74. The molecule has 3 aromatic carbocycles. The number of primary amides is 1. The zero-order valence-electron chi connectivity index (χ0n) is 19.9. The van der Waals surface area contributed by atoms with Crippen molar-refractivity contribution in [2.24, 2.45) is 5.73 Å². The molecule has 8 nitrogen and oxygen atoms in total. The van der Waals surface area contributed by atoms with Crippen LogP contribution in [-0.2, 0) is 11.0 Å². The lowest BCUT2D eigenvalue weighted by Crippen LogP contribution is -2.47. The van der Waals surface area contributed by atoms with Crippen LogP contribution in [0.3, 0.4) is 0 Å². The number of aromatic amines is 1. The summed E-state index contributed by atoms with van der Waals surface area (Å²) in [4.78, 5) is 32.6. The lowest BCUT2D eigenvalue weighted by atomic mass is 9.96. The highest BCUT2D eigenvalue weighted by Crippen LogP contribution is 2.39. The van der Waals surface area contributed by atoms with Gasteiger partial charge in [0.1, 0.15) is 11.0 Å². The van der Waals surface area contributed by atoms with Crippen LogP contribution in [0.5, 0.6) is 0 Å². The Labute approximate surface area is 209 Å². The summed E-state index contributed by atoms with van der Waals surface area (Å²) in [6, 6.07) is 13.4. The fourth-order valence-corrected chi connectivity index (χ4v) is 5.21. The van der Waals surface area contributed by atoms with Crippen molar-refractivity contribution in [3.05, 3.63) is 65.5 Å². The number of carbonyl (C=O) groups is 2. The minimum Gasteiger partial charge on any atom is -0.366 e. The Morgan fingerprint density at radius 3 is 2.50 bits per heavy atom. The van der Waals surface area contributed by atoms with Crippen molar-refractivity contribution < 1.29 is 18.2 Å². The van der Waals surface area contributed by atoms with Crippen molar-refractivity contribution in [3.63, 3.8) is 0 Å². The van der Waals surface area contributed by atoms with E-state index in [1.807, 2.05) is 18.0 Å². The number of anilines is 1. The number of likely N-dealkylation sites (N-methyl/N-ethyl adjacent to an activating group) is 1. The van der Waals surface area contributed by atoms with Gasteiger partial charge in [-0.15, -0.1) is 0 Å². The van der Waals surface area contributed by atoms with Crippen molar-refractivity contribution in [1.82, 2.24) is 14.8 Å². The molecule has 0 saturated carbocycles. The topological polar surface area (TPSA) is 112 Å². The standard InChI is InChI=1S/C26H26FN5O3S/c1-31-10-12-32(13-11-31)26(34)15-6-7-18-21(14-15)29-24-19(25(28)33)9-8-16(22(18)24)17-4-3-5-20(23(17)27)30-36(2)35/h3-9,14,29-30H,10-13H2,1-2H3,(H2,28,33). The predicted octanol–water partition coefficient (Wildman–Crippen LogP) is 3.32. The van der Waals surface area contributed by atoms with Gasteiger partial charge < -0.3 is 25.2 Å². The first-order valence-electron chi connectivity index (χ1n) is 11.5. The largest absolute Gasteiger partial charge is 0.366 e. The number of nitrogens with zero attached hydrogens (tertiary/aromatic N) is 2. The van der Waals surface area contributed by atoms with Gasteiger partial charge in [-0.2, -0.15) is 0 Å². The van der Waals surface area contributed by atoms with Gasteiger partial charge in [0.2, 0.25) is 0 Å². The molecule has 10 heteroatoms. The Morgan fingerprint density at radius 2 is 1.81 bits per heavy atom. The van der Waals surface area contributed by atoms with Gasteiger partial charge in [0.15, 0.2) is 5.82 Å². The highest BCUT2D eigenvalue weighted by Gasteiger charge is 2.23. The number of halogens is 1. The minimum atomic E-state index is -1.45. The van der Waals surface area contributed by atoms with Crippen molar-refractivity contribution in [3.8, 4) is 11.1 Å². The first-order valence-corrected chi connectivity index (χ1v) is 13.1. The van der Waals surface area contributed by atoms with Crippen molar-refractivity contribution in [2.75, 3.05) is 44.2 Å². The third-order valence-electron chi connectivity index (χ3n) is 6.60. The second-order valence-corrected chi connectivity index (χ2v) is 10.1. The molecule has 2 heterocycles. The van der Waals surface area contributed by atoms with Crippen LogP contribution in [-0.4, -0.2) is 70.3 Å². The maximum Gasteiger partial charge on any atom is 0.254 e. The number of rotatable bonds is 5. The number of nitrogens with two attached hydrogens (primary N) is 1. The van der Waals surface area contributed by atoms with Crippen molar-refractivity contribution in [1.29, 1.82) is 0 Å². The Balaban J connectivity index is 1.67. The van der Waals surface area contributed by atoms with Crippen molar-refractivity contribution in [2.45, 2.75) is 0 Å². The Kier molecular flexibility index (Phi) is 6.23. The van der Waals surface area contributed by atoms with E-state index in [9.17, 15) is 13.8 Å². The summed E-state index contributed by atoms with van der Waals surface area (Å²) in [5.74, 6) is -1.24. The molecule has 0 bridgehead atoms. The summed E-state index contributed by atoms with van der Waals surface area (Å²) < 4.78 is 29.7. The van der Waals surface area contributed by atoms with Crippen LogP contribution < -0.4 is 10.5 Å². The molecule has 0 spiro atoms. The summed E-state index contributed by atoms with van der Waals surface area (Å²) in [7, 11) is 0.580. The average molecular weight is 508 g/mol. The molecular weight excluding hydrogens is 481 g/mol. The number of amides is 2. The third kappa shape index (κ3) is 4.22. The zero-order chi connectivity index (χ0) is 25.6. The Morgan fingerprint density at radius 1 is 1.06 bits per heavy atom. The first-order chi connectivity index (χ1) is 17.2. The molecule has 4 N–H and O–H groups in total. The summed E-state index contributed by atoms with van der Waals surface area (Å²) in [5, 5.41) is 1.35. The fraction of sp³-hybridized carbons (Fsp3) is 0.231. The van der Waals surface area contributed by atoms with Gasteiger partial charge in [0, 0.05) is 59.9 Å². The zero-order valence-corrected chi connectivity index (χ0v) is 20.7. The van der Waals surface area contributed by atoms with Gasteiger partial charge in [-0.1, -0.05) is 24.3 Å². The van der Waals surface area contributed by atoms with E-state index in [1.165, 1.54) is 12.3 Å². The maximum atomic E-state index is 15.5. The number of fused-ring (bicyclic) bond motifs is 3. The number of H-pyrrole nitrogens is 1. The molecule has 1 fully saturated rings. The van der Waals surface area contributed by atoms with E-state index in [4.69, 9.17) is 5.73 Å². The molecule has 1 unspecified atom stereocenters. The summed E-state index contributed by atoms with van der Waals surface area (Å²) in [6.07, 6.45) is 1.42. The number of carbonyl (C=O) groups excluding carboxylic acids is 2. The maximum absolute atomic E-state index is 15.5. The van der Waals surface area contributed by atoms with Crippen LogP contribution >= 0.6 is 0 Å². The smallest absolute Gasteiger partial charge is 0.254 e. The second-order valence-electron chi connectivity index (χ2n) is 8.98. The van der Waals surface area contributed by atoms with E-state index < -0.39 is 22.7 Å². The van der Waals surface area contributed by atoms with Gasteiger partial charge in [-0.05, 0) is 36.9 Å². The van der Waals surface area contributed by atoms with E-state index in [2.05, 4.69) is 14.6 Å². The van der Waals surface area contributed by atoms with Gasteiger partial charge >= 0.3 is 0 Å². The molecular formula is C26H26FN5O3S. The van der Waals surface area contributed by atoms with Crippen LogP contribution in [0.4, 0.5) is 10.1 Å². The quantitative estimate of drug-likeness (QED) is 0.385. The second kappa shape index (κ2) is 9.36. The van der Waals surface area contributed by atoms with E-state index in [1.54, 1.807) is 36.4 Å². The van der Waals surface area contributed by atoms with Crippen LogP contribution in [0, 0.1) is 5.82 Å². The van der Waals surface area contributed by atoms with Gasteiger partial charge in [0.05, 0.1) is 16.8 Å². The Bertz CT molecular complexity index is 1540. The van der Waals surface area contributed by atoms with Gasteiger partial charge in [-0.3, -0.25) is 9.59 Å². The highest BCUT2D eigenvalue weighted by molar-refractivity contribution is 7.85. The molecule has 1 aliphatic heterocycles. The van der Waals surface area contributed by atoms with Crippen molar-refractivity contribution >= 4 is 50.3 Å². The van der Waals surface area contributed by atoms with Crippen LogP contribution in [0.1, 0.15) is 20.7 Å². The van der Waals surface area contributed by atoms with Crippen LogP contribution in [0.2, 0.25) is 0 Å². The van der Waals surface area contributed by atoms with E-state index in [0.717, 1.165) is 18.5 Å². The molecule has 0 radical (unpaired) electrons. The molecule has 1 aliphatic rings. The van der Waals surface area contributed by atoms with Gasteiger partial charge in [-0.25, -0.2) is 8.60 Å². The molecule has 1 saturated heterocycles. The molecule has 1 atom stereocenters. The molecule has 2 amide bonds. The number of hydrogen-bond donors (Lipinski definition) is 3. The monoisotopic (exact) mass is 507 g/mol. The highest BCUT2D eigenvalue weighted by atomic mass is 32.2. The van der Waals surface area contributed by atoms with Gasteiger partial charge in [0.25, 0.3) is 11.8 Å². The number of hydrogen-bond acceptors (Lipinski definition) is 4.